The Hall–Kier alpha value is -3.39. The van der Waals surface area contributed by atoms with E-state index in [9.17, 15) is 14.4 Å². The van der Waals surface area contributed by atoms with Gasteiger partial charge in [-0.2, -0.15) is 0 Å². The molecule has 1 atom stereocenters. The zero-order valence-electron chi connectivity index (χ0n) is 19.1. The number of nitrogens with two attached hydrogens (primary N) is 1. The molecule has 0 aliphatic heterocycles. The van der Waals surface area contributed by atoms with Gasteiger partial charge in [-0.1, -0.05) is 49.1 Å². The molecule has 34 heavy (non-hydrogen) atoms. The number of hydrogen-bond acceptors (Lipinski definition) is 6. The highest BCUT2D eigenvalue weighted by Crippen LogP contribution is 2.34. The Bertz CT molecular complexity index is 1170. The van der Waals surface area contributed by atoms with Gasteiger partial charge in [-0.05, 0) is 37.8 Å². The highest BCUT2D eigenvalue weighted by molar-refractivity contribution is 7.17. The number of aromatic nitrogens is 2. The first-order valence-electron chi connectivity index (χ1n) is 11.5. The molecule has 0 saturated heterocycles. The molecule has 3 aromatic rings. The number of Topliss-reactive ketones (excluding diaryl/α,β-unsaturated/α-hetero) is 1. The maximum Gasteiger partial charge on any atom is 0.233 e. The van der Waals surface area contributed by atoms with Crippen molar-refractivity contribution >= 4 is 28.9 Å². The van der Waals surface area contributed by atoms with Gasteiger partial charge in [0.05, 0.1) is 12.2 Å². The average molecular weight is 477 g/mol. The molecule has 1 aliphatic carbocycles. The third-order valence-corrected chi connectivity index (χ3v) is 7.41. The molecule has 1 fully saturated rings. The molecule has 1 unspecified atom stereocenters. The zero-order valence-corrected chi connectivity index (χ0v) is 19.9. The Morgan fingerprint density at radius 1 is 1.03 bits per heavy atom. The van der Waals surface area contributed by atoms with Gasteiger partial charge in [-0.3, -0.25) is 19.4 Å². The smallest absolute Gasteiger partial charge is 0.233 e. The summed E-state index contributed by atoms with van der Waals surface area (Å²) in [6, 6.07) is 11.5. The topological polar surface area (TPSA) is 115 Å². The molecule has 8 heteroatoms. The highest BCUT2D eigenvalue weighted by atomic mass is 32.1. The summed E-state index contributed by atoms with van der Waals surface area (Å²) >= 11 is 1.28. The molecule has 1 saturated carbocycles. The lowest BCUT2D eigenvalue weighted by Crippen LogP contribution is -2.44. The molecular formula is C26H28N4O3S. The van der Waals surface area contributed by atoms with E-state index in [2.05, 4.69) is 10.3 Å². The fraction of sp³-hybridized carbons (Fsp3) is 0.346. The second-order valence-electron chi connectivity index (χ2n) is 8.72. The number of nitrogens with zero attached hydrogens (tertiary/aromatic N) is 2. The monoisotopic (exact) mass is 476 g/mol. The standard InChI is InChI=1S/C26H28N4O3S/c1-16-7-9-18(10-8-16)22-23(34-26(30-22)19-11-13-28-14-12-19)20(31)15-29-25(33)21(24(27)32)17-5-3-2-4-6-17/h7-14,17,21H,2-6,15H2,1H3,(H2,27,32)(H,29,33). The lowest BCUT2D eigenvalue weighted by atomic mass is 9.79. The molecule has 4 rings (SSSR count). The van der Waals surface area contributed by atoms with Gasteiger partial charge in [0.15, 0.2) is 5.78 Å². The number of carbonyl (C=O) groups excluding carboxylic acids is 3. The van der Waals surface area contributed by atoms with E-state index in [-0.39, 0.29) is 18.2 Å². The molecule has 7 nitrogen and oxygen atoms in total. The van der Waals surface area contributed by atoms with Crippen molar-refractivity contribution in [2.45, 2.75) is 39.0 Å². The fourth-order valence-electron chi connectivity index (χ4n) is 4.43. The van der Waals surface area contributed by atoms with Crippen LogP contribution in [0.4, 0.5) is 0 Å². The quantitative estimate of drug-likeness (QED) is 0.374. The van der Waals surface area contributed by atoms with Crippen molar-refractivity contribution < 1.29 is 14.4 Å². The second kappa shape index (κ2) is 10.7. The summed E-state index contributed by atoms with van der Waals surface area (Å²) in [5.74, 6) is -2.32. The van der Waals surface area contributed by atoms with E-state index in [1.165, 1.54) is 11.3 Å². The van der Waals surface area contributed by atoms with Crippen LogP contribution in [0.25, 0.3) is 21.8 Å². The SMILES string of the molecule is Cc1ccc(-c2nc(-c3ccncc3)sc2C(=O)CNC(=O)C(C(N)=O)C2CCCCC2)cc1. The van der Waals surface area contributed by atoms with Gasteiger partial charge >= 0.3 is 0 Å². The highest BCUT2D eigenvalue weighted by Gasteiger charge is 2.34. The summed E-state index contributed by atoms with van der Waals surface area (Å²) in [6.45, 7) is 1.78. The van der Waals surface area contributed by atoms with E-state index in [0.717, 1.165) is 48.8 Å². The molecule has 3 N–H and O–H groups in total. The molecular weight excluding hydrogens is 448 g/mol. The minimum absolute atomic E-state index is 0.0637. The van der Waals surface area contributed by atoms with Gasteiger partial charge in [0.1, 0.15) is 15.8 Å². The lowest BCUT2D eigenvalue weighted by molar-refractivity contribution is -0.136. The van der Waals surface area contributed by atoms with Crippen LogP contribution in [0, 0.1) is 18.8 Å². The van der Waals surface area contributed by atoms with Crippen LogP contribution in [0.3, 0.4) is 0 Å². The van der Waals surface area contributed by atoms with E-state index in [1.54, 1.807) is 12.4 Å². The average Bonchev–Trinajstić information content (AvgIpc) is 3.30. The summed E-state index contributed by atoms with van der Waals surface area (Å²) < 4.78 is 0. The van der Waals surface area contributed by atoms with Crippen LogP contribution in [-0.2, 0) is 9.59 Å². The van der Waals surface area contributed by atoms with Crippen molar-refractivity contribution in [2.24, 2.45) is 17.6 Å². The van der Waals surface area contributed by atoms with Crippen molar-refractivity contribution in [3.8, 4) is 21.8 Å². The van der Waals surface area contributed by atoms with Gasteiger partial charge in [0.2, 0.25) is 11.8 Å². The minimum Gasteiger partial charge on any atom is -0.369 e. The number of hydrogen-bond donors (Lipinski definition) is 2. The van der Waals surface area contributed by atoms with E-state index in [1.807, 2.05) is 43.3 Å². The van der Waals surface area contributed by atoms with E-state index in [4.69, 9.17) is 10.7 Å². The largest absolute Gasteiger partial charge is 0.369 e. The van der Waals surface area contributed by atoms with Crippen molar-refractivity contribution in [1.29, 1.82) is 0 Å². The first-order chi connectivity index (χ1) is 16.4. The maximum absolute atomic E-state index is 13.3. The molecule has 2 heterocycles. The van der Waals surface area contributed by atoms with Crippen molar-refractivity contribution in [2.75, 3.05) is 6.54 Å². The number of amides is 2. The van der Waals surface area contributed by atoms with Gasteiger partial charge in [0, 0.05) is 23.5 Å². The van der Waals surface area contributed by atoms with Crippen LogP contribution < -0.4 is 11.1 Å². The first kappa shape index (κ1) is 23.8. The summed E-state index contributed by atoms with van der Waals surface area (Å²) in [4.78, 5) is 47.4. The van der Waals surface area contributed by atoms with Crippen LogP contribution in [0.15, 0.2) is 48.8 Å². The van der Waals surface area contributed by atoms with Gasteiger partial charge in [0.25, 0.3) is 0 Å². The van der Waals surface area contributed by atoms with Crippen LogP contribution in [0.1, 0.15) is 47.3 Å². The Morgan fingerprint density at radius 2 is 1.71 bits per heavy atom. The van der Waals surface area contributed by atoms with Crippen molar-refractivity contribution in [1.82, 2.24) is 15.3 Å². The number of thiazole rings is 1. The number of carbonyl (C=O) groups is 3. The molecule has 176 valence electrons. The van der Waals surface area contributed by atoms with E-state index < -0.39 is 17.7 Å². The number of primary amides is 1. The Labute approximate surface area is 202 Å². The summed E-state index contributed by atoms with van der Waals surface area (Å²) in [5.41, 5.74) is 8.94. The fourth-order valence-corrected chi connectivity index (χ4v) is 5.47. The number of ketones is 1. The van der Waals surface area contributed by atoms with Gasteiger partial charge < -0.3 is 11.1 Å². The minimum atomic E-state index is -0.904. The normalized spacial score (nSPS) is 15.0. The predicted molar refractivity (Wildman–Crippen MR) is 132 cm³/mol. The maximum atomic E-state index is 13.3. The zero-order chi connectivity index (χ0) is 24.1. The summed E-state index contributed by atoms with van der Waals surface area (Å²) in [6.07, 6.45) is 8.04. The number of pyridine rings is 1. The van der Waals surface area contributed by atoms with E-state index in [0.29, 0.717) is 15.6 Å². The molecule has 2 amide bonds. The Balaban J connectivity index is 1.56. The number of aryl methyl sites for hydroxylation is 1. The number of rotatable bonds is 8. The Kier molecular flexibility index (Phi) is 7.47. The Morgan fingerprint density at radius 3 is 2.35 bits per heavy atom. The summed E-state index contributed by atoms with van der Waals surface area (Å²) in [7, 11) is 0. The van der Waals surface area contributed by atoms with Crippen LogP contribution in [0.5, 0.6) is 0 Å². The van der Waals surface area contributed by atoms with Crippen LogP contribution in [0.2, 0.25) is 0 Å². The third-order valence-electron chi connectivity index (χ3n) is 6.27. The molecule has 0 bridgehead atoms. The molecule has 1 aliphatic rings. The molecule has 1 aromatic carbocycles. The first-order valence-corrected chi connectivity index (χ1v) is 12.3. The molecule has 0 spiro atoms. The second-order valence-corrected chi connectivity index (χ2v) is 9.72. The molecule has 0 radical (unpaired) electrons. The van der Waals surface area contributed by atoms with Crippen LogP contribution >= 0.6 is 11.3 Å². The van der Waals surface area contributed by atoms with Crippen LogP contribution in [-0.4, -0.2) is 34.1 Å². The van der Waals surface area contributed by atoms with E-state index >= 15 is 0 Å². The molecule has 2 aromatic heterocycles. The van der Waals surface area contributed by atoms with Crippen molar-refractivity contribution in [3.63, 3.8) is 0 Å². The number of benzene rings is 1. The van der Waals surface area contributed by atoms with Gasteiger partial charge in [-0.15, -0.1) is 11.3 Å². The lowest BCUT2D eigenvalue weighted by Gasteiger charge is -2.27. The predicted octanol–water partition coefficient (Wildman–Crippen LogP) is 4.16. The summed E-state index contributed by atoms with van der Waals surface area (Å²) in [5, 5.41) is 3.38. The van der Waals surface area contributed by atoms with Gasteiger partial charge in [-0.25, -0.2) is 4.98 Å². The third kappa shape index (κ3) is 5.39. The number of nitrogens with one attached hydrogen (secondary N) is 1. The van der Waals surface area contributed by atoms with Crippen molar-refractivity contribution in [3.05, 3.63) is 59.2 Å².